The van der Waals surface area contributed by atoms with Crippen LogP contribution in [0.15, 0.2) is 12.4 Å². The molecule has 15 heavy (non-hydrogen) atoms. The first-order valence-corrected chi connectivity index (χ1v) is 6.11. The largest absolute Gasteiger partial charge is 0.329 e. The third kappa shape index (κ3) is 3.70. The summed E-state index contributed by atoms with van der Waals surface area (Å²) in [5.41, 5.74) is 0. The number of hydrogen-bond acceptors (Lipinski definition) is 3. The lowest BCUT2D eigenvalue weighted by atomic mass is 10.3. The van der Waals surface area contributed by atoms with Gasteiger partial charge >= 0.3 is 0 Å². The Morgan fingerprint density at radius 3 is 2.73 bits per heavy atom. The zero-order valence-corrected chi connectivity index (χ0v) is 10.6. The molecule has 0 aliphatic heterocycles. The van der Waals surface area contributed by atoms with Crippen LogP contribution in [-0.2, 0) is 6.54 Å². The van der Waals surface area contributed by atoms with Crippen molar-refractivity contribution in [3.8, 4) is 0 Å². The number of carbonyl (C=O) groups is 1. The molecular weight excluding hydrogens is 208 g/mol. The van der Waals surface area contributed by atoms with Crippen LogP contribution in [0, 0.1) is 0 Å². The van der Waals surface area contributed by atoms with Gasteiger partial charge in [-0.1, -0.05) is 20.8 Å². The molecule has 0 N–H and O–H groups in total. The summed E-state index contributed by atoms with van der Waals surface area (Å²) in [7, 11) is 0. The third-order valence-corrected chi connectivity index (χ3v) is 3.21. The highest BCUT2D eigenvalue weighted by Crippen LogP contribution is 2.23. The van der Waals surface area contributed by atoms with E-state index >= 15 is 0 Å². The van der Waals surface area contributed by atoms with Gasteiger partial charge < -0.3 is 4.57 Å². The van der Waals surface area contributed by atoms with Crippen molar-refractivity contribution in [3.63, 3.8) is 0 Å². The zero-order valence-electron chi connectivity index (χ0n) is 9.78. The molecule has 0 amide bonds. The second-order valence-electron chi connectivity index (χ2n) is 4.36. The predicted molar refractivity (Wildman–Crippen MR) is 64.4 cm³/mol. The molecule has 0 saturated carbocycles. The number of aryl methyl sites for hydroxylation is 1. The summed E-state index contributed by atoms with van der Waals surface area (Å²) in [6.45, 7) is 9.13. The standard InChI is InChI=1S/C11H18N2OS/c1-5-13-7-6-12-10(13)9(14)8-15-11(2,3)4/h6-7H,5,8H2,1-4H3. The fourth-order valence-corrected chi connectivity index (χ4v) is 1.86. The van der Waals surface area contributed by atoms with Crippen LogP contribution in [0.3, 0.4) is 0 Å². The number of rotatable bonds is 4. The van der Waals surface area contributed by atoms with Crippen molar-refractivity contribution in [2.45, 2.75) is 39.0 Å². The Hall–Kier alpha value is -0.770. The number of Topliss-reactive ketones (excluding diaryl/α,β-unsaturated/α-hetero) is 1. The van der Waals surface area contributed by atoms with Gasteiger partial charge in [-0.05, 0) is 6.92 Å². The number of hydrogen-bond donors (Lipinski definition) is 0. The zero-order chi connectivity index (χ0) is 11.5. The summed E-state index contributed by atoms with van der Waals surface area (Å²) < 4.78 is 2.00. The molecule has 0 atom stereocenters. The quantitative estimate of drug-likeness (QED) is 0.740. The first-order chi connectivity index (χ1) is 6.94. The van der Waals surface area contributed by atoms with Crippen LogP contribution >= 0.6 is 11.8 Å². The van der Waals surface area contributed by atoms with Crippen molar-refractivity contribution in [1.29, 1.82) is 0 Å². The van der Waals surface area contributed by atoms with Crippen molar-refractivity contribution in [1.82, 2.24) is 9.55 Å². The highest BCUT2D eigenvalue weighted by Gasteiger charge is 2.17. The van der Waals surface area contributed by atoms with Gasteiger partial charge in [0.05, 0.1) is 5.75 Å². The fraction of sp³-hybridized carbons (Fsp3) is 0.636. The average Bonchev–Trinajstić information content (AvgIpc) is 2.60. The number of nitrogens with zero attached hydrogens (tertiary/aromatic N) is 2. The summed E-state index contributed by atoms with van der Waals surface area (Å²) >= 11 is 1.66. The van der Waals surface area contributed by atoms with Crippen LogP contribution in [0.25, 0.3) is 0 Å². The van der Waals surface area contributed by atoms with E-state index in [1.54, 1.807) is 18.0 Å². The van der Waals surface area contributed by atoms with Gasteiger partial charge in [0, 0.05) is 23.7 Å². The fourth-order valence-electron chi connectivity index (χ4n) is 1.16. The molecule has 0 saturated heterocycles. The molecule has 0 aliphatic rings. The summed E-state index contributed by atoms with van der Waals surface area (Å²) in [4.78, 5) is 15.9. The second kappa shape index (κ2) is 4.84. The molecule has 0 fully saturated rings. The molecule has 0 radical (unpaired) electrons. The van der Waals surface area contributed by atoms with Crippen LogP contribution in [0.2, 0.25) is 0 Å². The molecule has 0 spiro atoms. The van der Waals surface area contributed by atoms with Gasteiger partial charge in [0.15, 0.2) is 5.82 Å². The number of aromatic nitrogens is 2. The summed E-state index contributed by atoms with van der Waals surface area (Å²) in [6, 6.07) is 0. The Kier molecular flexibility index (Phi) is 3.97. The molecule has 3 nitrogen and oxygen atoms in total. The van der Waals surface area contributed by atoms with Gasteiger partial charge in [0.25, 0.3) is 0 Å². The van der Waals surface area contributed by atoms with E-state index in [1.165, 1.54) is 0 Å². The van der Waals surface area contributed by atoms with Crippen molar-refractivity contribution in [2.75, 3.05) is 5.75 Å². The Balaban J connectivity index is 2.62. The Bertz CT molecular complexity index is 339. The third-order valence-electron chi connectivity index (χ3n) is 1.94. The smallest absolute Gasteiger partial charge is 0.208 e. The monoisotopic (exact) mass is 226 g/mol. The van der Waals surface area contributed by atoms with Gasteiger partial charge in [-0.15, -0.1) is 11.8 Å². The van der Waals surface area contributed by atoms with Gasteiger partial charge in [-0.25, -0.2) is 4.98 Å². The number of ketones is 1. The van der Waals surface area contributed by atoms with E-state index < -0.39 is 0 Å². The van der Waals surface area contributed by atoms with Crippen LogP contribution in [0.1, 0.15) is 38.3 Å². The molecule has 1 heterocycles. The minimum absolute atomic E-state index is 0.113. The molecular formula is C11H18N2OS. The lowest BCUT2D eigenvalue weighted by molar-refractivity contribution is 0.100. The molecule has 0 bridgehead atoms. The first kappa shape index (κ1) is 12.3. The highest BCUT2D eigenvalue weighted by molar-refractivity contribution is 8.01. The SMILES string of the molecule is CCn1ccnc1C(=O)CSC(C)(C)C. The van der Waals surface area contributed by atoms with Crippen LogP contribution in [0.4, 0.5) is 0 Å². The maximum atomic E-state index is 11.8. The normalized spacial score (nSPS) is 11.7. The highest BCUT2D eigenvalue weighted by atomic mass is 32.2. The molecule has 0 aromatic carbocycles. The molecule has 84 valence electrons. The minimum atomic E-state index is 0.113. The van der Waals surface area contributed by atoms with Gasteiger partial charge in [-0.2, -0.15) is 0 Å². The van der Waals surface area contributed by atoms with Crippen LogP contribution in [0.5, 0.6) is 0 Å². The second-order valence-corrected chi connectivity index (χ2v) is 6.16. The van der Waals surface area contributed by atoms with Crippen molar-refractivity contribution >= 4 is 17.5 Å². The lowest BCUT2D eigenvalue weighted by Crippen LogP contribution is -2.16. The first-order valence-electron chi connectivity index (χ1n) is 5.12. The summed E-state index contributed by atoms with van der Waals surface area (Å²) in [6.07, 6.45) is 3.52. The van der Waals surface area contributed by atoms with E-state index in [0.717, 1.165) is 6.54 Å². The van der Waals surface area contributed by atoms with Crippen molar-refractivity contribution in [2.24, 2.45) is 0 Å². The topological polar surface area (TPSA) is 34.9 Å². The maximum absolute atomic E-state index is 11.8. The van der Waals surface area contributed by atoms with E-state index in [-0.39, 0.29) is 10.5 Å². The Morgan fingerprint density at radius 2 is 2.20 bits per heavy atom. The minimum Gasteiger partial charge on any atom is -0.329 e. The van der Waals surface area contributed by atoms with E-state index in [9.17, 15) is 4.79 Å². The average molecular weight is 226 g/mol. The van der Waals surface area contributed by atoms with Gasteiger partial charge in [0.2, 0.25) is 5.78 Å². The molecule has 0 aliphatic carbocycles. The van der Waals surface area contributed by atoms with E-state index in [2.05, 4.69) is 25.8 Å². The van der Waals surface area contributed by atoms with E-state index in [1.807, 2.05) is 17.7 Å². The molecule has 1 rings (SSSR count). The van der Waals surface area contributed by atoms with Crippen molar-refractivity contribution in [3.05, 3.63) is 18.2 Å². The van der Waals surface area contributed by atoms with E-state index in [0.29, 0.717) is 11.6 Å². The summed E-state index contributed by atoms with van der Waals surface area (Å²) in [5.74, 6) is 1.19. The van der Waals surface area contributed by atoms with E-state index in [4.69, 9.17) is 0 Å². The lowest BCUT2D eigenvalue weighted by Gasteiger charge is -2.16. The molecule has 1 aromatic heterocycles. The molecule has 1 aromatic rings. The molecule has 0 unspecified atom stereocenters. The number of thioether (sulfide) groups is 1. The maximum Gasteiger partial charge on any atom is 0.208 e. The van der Waals surface area contributed by atoms with Gasteiger partial charge in [0.1, 0.15) is 0 Å². The van der Waals surface area contributed by atoms with Gasteiger partial charge in [-0.3, -0.25) is 4.79 Å². The Labute approximate surface area is 95.3 Å². The van der Waals surface area contributed by atoms with Crippen molar-refractivity contribution < 1.29 is 4.79 Å². The number of carbonyl (C=O) groups excluding carboxylic acids is 1. The number of imidazole rings is 1. The molecule has 4 heteroatoms. The van der Waals surface area contributed by atoms with Crippen LogP contribution < -0.4 is 0 Å². The predicted octanol–water partition coefficient (Wildman–Crippen LogP) is 2.62. The summed E-state index contributed by atoms with van der Waals surface area (Å²) in [5, 5.41) is 0. The Morgan fingerprint density at radius 1 is 1.53 bits per heavy atom. The van der Waals surface area contributed by atoms with Crippen LogP contribution in [-0.4, -0.2) is 25.8 Å².